The number of hydrogen-bond acceptors (Lipinski definition) is 2. The van der Waals surface area contributed by atoms with E-state index in [0.29, 0.717) is 0 Å². The van der Waals surface area contributed by atoms with Gasteiger partial charge in [-0.2, -0.15) is 0 Å². The molecule has 0 bridgehead atoms. The average molecular weight is 98.1 g/mol. The van der Waals surface area contributed by atoms with E-state index in [9.17, 15) is 0 Å². The monoisotopic (exact) mass is 98.1 g/mol. The minimum absolute atomic E-state index is 0.389. The molecule has 2 nitrogen and oxygen atoms in total. The molecule has 0 atom stereocenters. The van der Waals surface area contributed by atoms with Crippen LogP contribution >= 0.6 is 0 Å². The van der Waals surface area contributed by atoms with E-state index < -0.39 is 0 Å². The summed E-state index contributed by atoms with van der Waals surface area (Å²) in [5.74, 6) is 0. The first-order chi connectivity index (χ1) is 3.12. The van der Waals surface area contributed by atoms with Gasteiger partial charge in [0.1, 0.15) is 5.66 Å². The Bertz CT molecular complexity index is 74.1. The topological polar surface area (TPSA) is 24.7 Å². The van der Waals surface area contributed by atoms with Crippen molar-refractivity contribution in [1.82, 2.24) is 0 Å². The van der Waals surface area contributed by atoms with E-state index in [4.69, 9.17) is 0 Å². The standard InChI is InChI=1S/C5H10N2/c1-5(2,6-3)7-4/h3-4H2,1-2H3. The van der Waals surface area contributed by atoms with Gasteiger partial charge in [0.05, 0.1) is 0 Å². The summed E-state index contributed by atoms with van der Waals surface area (Å²) in [6, 6.07) is 0. The van der Waals surface area contributed by atoms with Crippen LogP contribution in [-0.4, -0.2) is 19.1 Å². The Morgan fingerprint density at radius 1 is 1.14 bits per heavy atom. The second-order valence-electron chi connectivity index (χ2n) is 1.81. The molecule has 2 heteroatoms. The highest BCUT2D eigenvalue weighted by Crippen LogP contribution is 2.05. The number of rotatable bonds is 2. The molecule has 0 N–H and O–H groups in total. The molecule has 0 fully saturated rings. The van der Waals surface area contributed by atoms with Gasteiger partial charge in [-0.3, -0.25) is 9.98 Å². The first kappa shape index (κ1) is 6.34. The van der Waals surface area contributed by atoms with E-state index >= 15 is 0 Å². The molecule has 0 aliphatic rings. The molecule has 7 heavy (non-hydrogen) atoms. The van der Waals surface area contributed by atoms with Crippen molar-refractivity contribution >= 4 is 13.4 Å². The third kappa shape index (κ3) is 2.09. The second kappa shape index (κ2) is 1.87. The fourth-order valence-corrected chi connectivity index (χ4v) is 0.0500. The highest BCUT2D eigenvalue weighted by Gasteiger charge is 2.06. The van der Waals surface area contributed by atoms with Crippen LogP contribution in [0, 0.1) is 0 Å². The van der Waals surface area contributed by atoms with Crippen molar-refractivity contribution in [2.24, 2.45) is 9.98 Å². The van der Waals surface area contributed by atoms with Gasteiger partial charge in [0.25, 0.3) is 0 Å². The molecular weight excluding hydrogens is 88.1 g/mol. The number of aliphatic imine (C=N–C) groups is 2. The molecule has 0 aromatic heterocycles. The van der Waals surface area contributed by atoms with Crippen molar-refractivity contribution in [3.05, 3.63) is 0 Å². The maximum Gasteiger partial charge on any atom is 0.143 e. The predicted molar refractivity (Wildman–Crippen MR) is 33.2 cm³/mol. The van der Waals surface area contributed by atoms with Crippen LogP contribution in [0.1, 0.15) is 13.8 Å². The molecule has 0 saturated heterocycles. The lowest BCUT2D eigenvalue weighted by Crippen LogP contribution is -2.09. The summed E-state index contributed by atoms with van der Waals surface area (Å²) >= 11 is 0. The largest absolute Gasteiger partial charge is 0.272 e. The Labute approximate surface area is 44.0 Å². The lowest BCUT2D eigenvalue weighted by Gasteiger charge is -2.09. The number of hydrogen-bond donors (Lipinski definition) is 0. The quantitative estimate of drug-likeness (QED) is 0.462. The van der Waals surface area contributed by atoms with Crippen LogP contribution in [-0.2, 0) is 0 Å². The van der Waals surface area contributed by atoms with Gasteiger partial charge in [0, 0.05) is 0 Å². The molecule has 0 spiro atoms. The third-order valence-electron chi connectivity index (χ3n) is 0.774. The smallest absolute Gasteiger partial charge is 0.143 e. The summed E-state index contributed by atoms with van der Waals surface area (Å²) in [7, 11) is 0. The summed E-state index contributed by atoms with van der Waals surface area (Å²) in [6.07, 6.45) is 0. The van der Waals surface area contributed by atoms with E-state index in [1.807, 2.05) is 13.8 Å². The predicted octanol–water partition coefficient (Wildman–Crippen LogP) is 1.12. The van der Waals surface area contributed by atoms with Gasteiger partial charge >= 0.3 is 0 Å². The van der Waals surface area contributed by atoms with Crippen molar-refractivity contribution in [1.29, 1.82) is 0 Å². The van der Waals surface area contributed by atoms with E-state index in [2.05, 4.69) is 23.4 Å². The normalized spacial score (nSPS) is 10.6. The van der Waals surface area contributed by atoms with Gasteiger partial charge in [0.2, 0.25) is 0 Å². The summed E-state index contributed by atoms with van der Waals surface area (Å²) in [5.41, 5.74) is -0.389. The van der Waals surface area contributed by atoms with E-state index in [1.54, 1.807) is 0 Å². The van der Waals surface area contributed by atoms with Crippen LogP contribution in [0.4, 0.5) is 0 Å². The van der Waals surface area contributed by atoms with Gasteiger partial charge in [-0.05, 0) is 27.3 Å². The Hall–Kier alpha value is -0.660. The highest BCUT2D eigenvalue weighted by molar-refractivity contribution is 5.29. The van der Waals surface area contributed by atoms with E-state index in [-0.39, 0.29) is 5.66 Å². The molecule has 0 saturated carbocycles. The van der Waals surface area contributed by atoms with Crippen molar-refractivity contribution in [3.8, 4) is 0 Å². The maximum absolute atomic E-state index is 3.66. The lowest BCUT2D eigenvalue weighted by atomic mass is 10.3. The zero-order valence-electron chi connectivity index (χ0n) is 4.81. The molecule has 0 rings (SSSR count). The Morgan fingerprint density at radius 2 is 1.43 bits per heavy atom. The molecule has 40 valence electrons. The molecule has 0 aromatic rings. The average Bonchev–Trinajstić information content (AvgIpc) is 1.68. The van der Waals surface area contributed by atoms with Crippen LogP contribution in [0.5, 0.6) is 0 Å². The molecule has 0 amide bonds. The first-order valence-electron chi connectivity index (χ1n) is 2.08. The zero-order chi connectivity index (χ0) is 5.91. The Morgan fingerprint density at radius 3 is 1.43 bits per heavy atom. The summed E-state index contributed by atoms with van der Waals surface area (Å²) in [4.78, 5) is 7.32. The molecule has 0 radical (unpaired) electrons. The van der Waals surface area contributed by atoms with Crippen molar-refractivity contribution in [2.45, 2.75) is 19.5 Å². The van der Waals surface area contributed by atoms with Gasteiger partial charge in [0.15, 0.2) is 0 Å². The molecule has 0 heterocycles. The maximum atomic E-state index is 3.66. The molecule has 0 aliphatic heterocycles. The number of nitrogens with zero attached hydrogens (tertiary/aromatic N) is 2. The molecule has 0 aliphatic carbocycles. The van der Waals surface area contributed by atoms with Crippen molar-refractivity contribution < 1.29 is 0 Å². The molecule has 0 aromatic carbocycles. The van der Waals surface area contributed by atoms with Crippen LogP contribution in [0.2, 0.25) is 0 Å². The lowest BCUT2D eigenvalue weighted by molar-refractivity contribution is 0.563. The van der Waals surface area contributed by atoms with Gasteiger partial charge < -0.3 is 0 Å². The van der Waals surface area contributed by atoms with Crippen molar-refractivity contribution in [3.63, 3.8) is 0 Å². The Kier molecular flexibility index (Phi) is 1.69. The fraction of sp³-hybridized carbons (Fsp3) is 0.600. The third-order valence-corrected chi connectivity index (χ3v) is 0.774. The van der Waals surface area contributed by atoms with E-state index in [0.717, 1.165) is 0 Å². The van der Waals surface area contributed by atoms with Crippen molar-refractivity contribution in [2.75, 3.05) is 0 Å². The highest BCUT2D eigenvalue weighted by atomic mass is 15.0. The minimum atomic E-state index is -0.389. The van der Waals surface area contributed by atoms with Gasteiger partial charge in [-0.15, -0.1) is 0 Å². The summed E-state index contributed by atoms with van der Waals surface area (Å²) < 4.78 is 0. The SMILES string of the molecule is C=NC(C)(C)N=C. The van der Waals surface area contributed by atoms with Gasteiger partial charge in [-0.25, -0.2) is 0 Å². The molecule has 0 unspecified atom stereocenters. The summed E-state index contributed by atoms with van der Waals surface area (Å²) in [6.45, 7) is 10.3. The van der Waals surface area contributed by atoms with Crippen LogP contribution < -0.4 is 0 Å². The molecular formula is C5H10N2. The minimum Gasteiger partial charge on any atom is -0.272 e. The first-order valence-corrected chi connectivity index (χ1v) is 2.08. The Balaban J connectivity index is 3.82. The van der Waals surface area contributed by atoms with Crippen LogP contribution in [0.25, 0.3) is 0 Å². The van der Waals surface area contributed by atoms with Crippen LogP contribution in [0.3, 0.4) is 0 Å². The van der Waals surface area contributed by atoms with Gasteiger partial charge in [-0.1, -0.05) is 0 Å². The summed E-state index contributed by atoms with van der Waals surface area (Å²) in [5, 5.41) is 0. The van der Waals surface area contributed by atoms with Crippen LogP contribution in [0.15, 0.2) is 9.98 Å². The second-order valence-corrected chi connectivity index (χ2v) is 1.81. The fourth-order valence-electron chi connectivity index (χ4n) is 0.0500. The zero-order valence-corrected chi connectivity index (χ0v) is 4.81. The van der Waals surface area contributed by atoms with E-state index in [1.165, 1.54) is 0 Å².